The first-order chi connectivity index (χ1) is 15.4. The molecule has 1 aromatic heterocycles. The third-order valence-corrected chi connectivity index (χ3v) is 6.25. The Morgan fingerprint density at radius 3 is 2.72 bits per heavy atom. The highest BCUT2D eigenvalue weighted by Gasteiger charge is 2.23. The van der Waals surface area contributed by atoms with Gasteiger partial charge in [-0.25, -0.2) is 0 Å². The SMILES string of the molecule is C=C(Nc1cnccc1N1CCNCC1)/C(C)=C/C=C(\C)N1Cc2ccc(C)cc2C1=C. The van der Waals surface area contributed by atoms with Gasteiger partial charge in [0.1, 0.15) is 0 Å². The van der Waals surface area contributed by atoms with Gasteiger partial charge in [-0.1, -0.05) is 36.9 Å². The van der Waals surface area contributed by atoms with Gasteiger partial charge in [-0.05, 0) is 50.1 Å². The molecule has 2 aromatic rings. The molecule has 0 spiro atoms. The van der Waals surface area contributed by atoms with Gasteiger partial charge in [-0.3, -0.25) is 4.98 Å². The number of aryl methyl sites for hydroxylation is 1. The number of nitrogens with one attached hydrogen (secondary N) is 2. The van der Waals surface area contributed by atoms with Gasteiger partial charge in [0.2, 0.25) is 0 Å². The fraction of sp³-hybridized carbons (Fsp3) is 0.296. The van der Waals surface area contributed by atoms with Crippen molar-refractivity contribution in [2.45, 2.75) is 27.3 Å². The summed E-state index contributed by atoms with van der Waals surface area (Å²) in [7, 11) is 0. The lowest BCUT2D eigenvalue weighted by Crippen LogP contribution is -2.43. The van der Waals surface area contributed by atoms with Crippen LogP contribution in [-0.4, -0.2) is 36.1 Å². The number of fused-ring (bicyclic) bond motifs is 1. The van der Waals surface area contributed by atoms with Crippen LogP contribution in [0.3, 0.4) is 0 Å². The summed E-state index contributed by atoms with van der Waals surface area (Å²) in [5, 5.41) is 6.89. The van der Waals surface area contributed by atoms with Gasteiger partial charge in [-0.15, -0.1) is 0 Å². The van der Waals surface area contributed by atoms with Crippen molar-refractivity contribution >= 4 is 17.1 Å². The fourth-order valence-electron chi connectivity index (χ4n) is 4.21. The van der Waals surface area contributed by atoms with Gasteiger partial charge in [0, 0.05) is 61.6 Å². The predicted molar refractivity (Wildman–Crippen MR) is 135 cm³/mol. The van der Waals surface area contributed by atoms with Crippen LogP contribution in [0.15, 0.2) is 78.9 Å². The number of piperazine rings is 1. The van der Waals surface area contributed by atoms with Crippen LogP contribution in [0, 0.1) is 6.92 Å². The van der Waals surface area contributed by atoms with Crippen LogP contribution in [0.5, 0.6) is 0 Å². The Labute approximate surface area is 191 Å². The molecule has 1 aromatic carbocycles. The van der Waals surface area contributed by atoms with E-state index in [0.717, 1.165) is 55.4 Å². The molecule has 5 heteroatoms. The predicted octanol–water partition coefficient (Wildman–Crippen LogP) is 5.06. The fourth-order valence-corrected chi connectivity index (χ4v) is 4.21. The van der Waals surface area contributed by atoms with Crippen LogP contribution in [0.25, 0.3) is 5.70 Å². The van der Waals surface area contributed by atoms with Crippen LogP contribution in [0.4, 0.5) is 11.4 Å². The first-order valence-electron chi connectivity index (χ1n) is 11.2. The van der Waals surface area contributed by atoms with Crippen molar-refractivity contribution in [1.29, 1.82) is 0 Å². The number of pyridine rings is 1. The summed E-state index contributed by atoms with van der Waals surface area (Å²) in [5.41, 5.74) is 10.2. The van der Waals surface area contributed by atoms with E-state index in [1.165, 1.54) is 28.1 Å². The number of allylic oxidation sites excluding steroid dienone is 4. The minimum Gasteiger partial charge on any atom is -0.367 e. The Kier molecular flexibility index (Phi) is 6.47. The molecule has 2 aliphatic rings. The van der Waals surface area contributed by atoms with Crippen LogP contribution in [0.1, 0.15) is 30.5 Å². The first-order valence-corrected chi connectivity index (χ1v) is 11.2. The summed E-state index contributed by atoms with van der Waals surface area (Å²) in [4.78, 5) is 8.98. The highest BCUT2D eigenvalue weighted by Crippen LogP contribution is 2.35. The molecule has 0 atom stereocenters. The number of nitrogens with zero attached hydrogens (tertiary/aromatic N) is 3. The van der Waals surface area contributed by atoms with Gasteiger partial charge in [0.05, 0.1) is 17.6 Å². The van der Waals surface area contributed by atoms with E-state index in [1.54, 1.807) is 0 Å². The number of aromatic nitrogens is 1. The molecule has 1 fully saturated rings. The van der Waals surface area contributed by atoms with Gasteiger partial charge in [0.25, 0.3) is 0 Å². The highest BCUT2D eigenvalue weighted by atomic mass is 15.2. The lowest BCUT2D eigenvalue weighted by atomic mass is 10.1. The number of rotatable bonds is 6. The van der Waals surface area contributed by atoms with Crippen molar-refractivity contribution in [2.24, 2.45) is 0 Å². The van der Waals surface area contributed by atoms with E-state index < -0.39 is 0 Å². The summed E-state index contributed by atoms with van der Waals surface area (Å²) >= 11 is 0. The Bertz CT molecular complexity index is 1090. The van der Waals surface area contributed by atoms with E-state index in [1.807, 2.05) is 12.4 Å². The molecule has 0 bridgehead atoms. The molecular formula is C27H33N5. The zero-order chi connectivity index (χ0) is 22.7. The second-order valence-electron chi connectivity index (χ2n) is 8.58. The summed E-state index contributed by atoms with van der Waals surface area (Å²) in [5.74, 6) is 0. The van der Waals surface area contributed by atoms with Gasteiger partial charge in [0.15, 0.2) is 0 Å². The second-order valence-corrected chi connectivity index (χ2v) is 8.58. The molecular weight excluding hydrogens is 394 g/mol. The molecule has 1 saturated heterocycles. The average molecular weight is 428 g/mol. The second kappa shape index (κ2) is 9.45. The lowest BCUT2D eigenvalue weighted by Gasteiger charge is -2.31. The van der Waals surface area contributed by atoms with Gasteiger partial charge < -0.3 is 20.4 Å². The Morgan fingerprint density at radius 1 is 1.16 bits per heavy atom. The van der Waals surface area contributed by atoms with Crippen molar-refractivity contribution in [3.8, 4) is 0 Å². The van der Waals surface area contributed by atoms with Crippen LogP contribution in [-0.2, 0) is 6.54 Å². The zero-order valence-corrected chi connectivity index (χ0v) is 19.4. The molecule has 0 saturated carbocycles. The van der Waals surface area contributed by atoms with E-state index in [0.29, 0.717) is 0 Å². The minimum absolute atomic E-state index is 0.868. The smallest absolute Gasteiger partial charge is 0.0808 e. The molecule has 32 heavy (non-hydrogen) atoms. The molecule has 4 rings (SSSR count). The number of hydrogen-bond donors (Lipinski definition) is 2. The maximum Gasteiger partial charge on any atom is 0.0808 e. The standard InChI is InChI=1S/C27H33N5/c1-19-6-9-24-18-32(23(5)25(24)16-19)21(3)8-7-20(2)22(4)30-26-17-29-11-10-27(26)31-14-12-28-13-15-31/h6-11,16-17,28,30H,4-5,12-15,18H2,1-3H3/b20-7+,21-8+. The molecule has 0 unspecified atom stereocenters. The van der Waals surface area contributed by atoms with Crippen molar-refractivity contribution in [2.75, 3.05) is 36.4 Å². The van der Waals surface area contributed by atoms with Crippen LogP contribution < -0.4 is 15.5 Å². The Morgan fingerprint density at radius 2 is 1.94 bits per heavy atom. The van der Waals surface area contributed by atoms with E-state index in [-0.39, 0.29) is 0 Å². The van der Waals surface area contributed by atoms with Gasteiger partial charge in [-0.2, -0.15) is 0 Å². The third-order valence-electron chi connectivity index (χ3n) is 6.25. The largest absolute Gasteiger partial charge is 0.367 e. The quantitative estimate of drug-likeness (QED) is 0.631. The number of hydrogen-bond acceptors (Lipinski definition) is 5. The molecule has 3 heterocycles. The summed E-state index contributed by atoms with van der Waals surface area (Å²) in [6.45, 7) is 19.8. The van der Waals surface area contributed by atoms with Crippen LogP contribution >= 0.6 is 0 Å². The van der Waals surface area contributed by atoms with E-state index in [2.05, 4.69) is 95.8 Å². The number of anilines is 2. The van der Waals surface area contributed by atoms with Crippen molar-refractivity contribution < 1.29 is 0 Å². The van der Waals surface area contributed by atoms with E-state index in [4.69, 9.17) is 0 Å². The van der Waals surface area contributed by atoms with Gasteiger partial charge >= 0.3 is 0 Å². The normalized spacial score (nSPS) is 16.9. The molecule has 2 N–H and O–H groups in total. The molecule has 2 aliphatic heterocycles. The summed E-state index contributed by atoms with van der Waals surface area (Å²) in [6.07, 6.45) is 7.99. The molecule has 0 aliphatic carbocycles. The van der Waals surface area contributed by atoms with E-state index >= 15 is 0 Å². The minimum atomic E-state index is 0.868. The van der Waals surface area contributed by atoms with Crippen LogP contribution in [0.2, 0.25) is 0 Å². The topological polar surface area (TPSA) is 43.4 Å². The highest BCUT2D eigenvalue weighted by molar-refractivity contribution is 5.72. The average Bonchev–Trinajstić information content (AvgIpc) is 3.14. The zero-order valence-electron chi connectivity index (χ0n) is 19.4. The monoisotopic (exact) mass is 427 g/mol. The third kappa shape index (κ3) is 4.63. The maximum absolute atomic E-state index is 4.33. The Balaban J connectivity index is 1.45. The summed E-state index contributed by atoms with van der Waals surface area (Å²) < 4.78 is 0. The first kappa shape index (κ1) is 21.9. The molecule has 0 radical (unpaired) electrons. The van der Waals surface area contributed by atoms with E-state index in [9.17, 15) is 0 Å². The van der Waals surface area contributed by atoms with Crippen molar-refractivity contribution in [3.63, 3.8) is 0 Å². The maximum atomic E-state index is 4.33. The molecule has 166 valence electrons. The summed E-state index contributed by atoms with van der Waals surface area (Å²) in [6, 6.07) is 8.67. The molecule has 0 amide bonds. The molecule has 5 nitrogen and oxygen atoms in total. The number of benzene rings is 1. The Hall–Kier alpha value is -3.31. The van der Waals surface area contributed by atoms with Crippen molar-refractivity contribution in [1.82, 2.24) is 15.2 Å². The lowest BCUT2D eigenvalue weighted by molar-refractivity contribution is 0.509. The van der Waals surface area contributed by atoms with Crippen molar-refractivity contribution in [3.05, 3.63) is 95.6 Å².